The third-order valence-electron chi connectivity index (χ3n) is 4.86. The number of anilines is 1. The van der Waals surface area contributed by atoms with Crippen molar-refractivity contribution in [2.45, 2.75) is 38.0 Å². The minimum absolute atomic E-state index is 0.00485. The molecule has 3 rings (SSSR count). The van der Waals surface area contributed by atoms with Gasteiger partial charge in [0.15, 0.2) is 10.7 Å². The Morgan fingerprint density at radius 1 is 1.18 bits per heavy atom. The number of likely N-dealkylation sites (tertiary alicyclic amines) is 1. The minimum Gasteiger partial charge on any atom is -0.497 e. The first-order chi connectivity index (χ1) is 13.3. The Morgan fingerprint density at radius 3 is 2.36 bits per heavy atom. The van der Waals surface area contributed by atoms with Crippen LogP contribution in [-0.2, 0) is 14.8 Å². The van der Waals surface area contributed by atoms with Crippen molar-refractivity contribution in [2.75, 3.05) is 31.0 Å². The summed E-state index contributed by atoms with van der Waals surface area (Å²) in [6, 6.07) is 6.57. The molecule has 2 aromatic rings. The molecular formula is C19H25N3O5S. The number of carbonyl (C=O) groups excluding carboxylic acids is 1. The molecule has 152 valence electrons. The van der Waals surface area contributed by atoms with Gasteiger partial charge < -0.3 is 14.2 Å². The van der Waals surface area contributed by atoms with Gasteiger partial charge in [-0.15, -0.1) is 0 Å². The van der Waals surface area contributed by atoms with E-state index < -0.39 is 10.0 Å². The molecule has 1 aromatic heterocycles. The van der Waals surface area contributed by atoms with E-state index in [9.17, 15) is 13.2 Å². The van der Waals surface area contributed by atoms with E-state index in [2.05, 4.69) is 5.16 Å². The summed E-state index contributed by atoms with van der Waals surface area (Å²) in [7, 11) is -2.50. The second-order valence-electron chi connectivity index (χ2n) is 6.80. The second-order valence-corrected chi connectivity index (χ2v) is 8.60. The van der Waals surface area contributed by atoms with Crippen LogP contribution in [0.1, 0.15) is 30.7 Å². The topological polar surface area (TPSA) is 93.0 Å². The molecule has 0 saturated carbocycles. The van der Waals surface area contributed by atoms with Crippen LogP contribution in [0.4, 0.5) is 5.69 Å². The van der Waals surface area contributed by atoms with Crippen LogP contribution in [0.3, 0.4) is 0 Å². The largest absolute Gasteiger partial charge is 0.497 e. The van der Waals surface area contributed by atoms with E-state index >= 15 is 0 Å². The molecule has 1 aromatic carbocycles. The Kier molecular flexibility index (Phi) is 5.93. The highest BCUT2D eigenvalue weighted by Crippen LogP contribution is 2.29. The van der Waals surface area contributed by atoms with Gasteiger partial charge in [-0.1, -0.05) is 5.16 Å². The lowest BCUT2D eigenvalue weighted by atomic mass is 10.1. The minimum atomic E-state index is -4.04. The maximum Gasteiger partial charge on any atom is 0.270 e. The van der Waals surface area contributed by atoms with Crippen molar-refractivity contribution in [1.82, 2.24) is 10.1 Å². The van der Waals surface area contributed by atoms with Gasteiger partial charge in [0.05, 0.1) is 12.8 Å². The maximum atomic E-state index is 13.4. The standard InChI is InChI=1S/C19H25N3O5S/c1-14-19(15(2)27-20-14)28(24,25)22(16-7-9-17(26-3)10-8-16)13-18(23)21-11-5-4-6-12-21/h7-10H,4-6,11-13H2,1-3H3. The average Bonchev–Trinajstić information content (AvgIpc) is 3.05. The van der Waals surface area contributed by atoms with E-state index in [-0.39, 0.29) is 28.8 Å². The van der Waals surface area contributed by atoms with Crippen molar-refractivity contribution in [3.8, 4) is 5.75 Å². The number of sulfonamides is 1. The second kappa shape index (κ2) is 8.22. The lowest BCUT2D eigenvalue weighted by Gasteiger charge is -2.30. The number of hydrogen-bond donors (Lipinski definition) is 0. The number of hydrogen-bond acceptors (Lipinski definition) is 6. The number of nitrogens with zero attached hydrogens (tertiary/aromatic N) is 3. The number of ether oxygens (including phenoxy) is 1. The molecule has 0 radical (unpaired) electrons. The molecule has 1 aliphatic heterocycles. The zero-order valence-electron chi connectivity index (χ0n) is 16.3. The molecule has 0 spiro atoms. The SMILES string of the molecule is COc1ccc(N(CC(=O)N2CCCCC2)S(=O)(=O)c2c(C)noc2C)cc1. The van der Waals surface area contributed by atoms with Gasteiger partial charge in [0.25, 0.3) is 10.0 Å². The molecule has 0 atom stereocenters. The third-order valence-corrected chi connectivity index (χ3v) is 6.88. The fourth-order valence-electron chi connectivity index (χ4n) is 3.38. The summed E-state index contributed by atoms with van der Waals surface area (Å²) in [4.78, 5) is 14.6. The lowest BCUT2D eigenvalue weighted by molar-refractivity contribution is -0.130. The number of amides is 1. The maximum absolute atomic E-state index is 13.4. The fourth-order valence-corrected chi connectivity index (χ4v) is 5.09. The molecule has 1 saturated heterocycles. The van der Waals surface area contributed by atoms with E-state index in [0.29, 0.717) is 24.5 Å². The quantitative estimate of drug-likeness (QED) is 0.730. The number of piperidine rings is 1. The highest BCUT2D eigenvalue weighted by molar-refractivity contribution is 7.93. The first kappa shape index (κ1) is 20.2. The third kappa shape index (κ3) is 3.99. The number of rotatable bonds is 6. The van der Waals surface area contributed by atoms with Crippen LogP contribution in [0.5, 0.6) is 5.75 Å². The lowest BCUT2D eigenvalue weighted by Crippen LogP contribution is -2.45. The summed E-state index contributed by atoms with van der Waals surface area (Å²) in [6.45, 7) is 4.15. The van der Waals surface area contributed by atoms with Crippen LogP contribution in [0.25, 0.3) is 0 Å². The van der Waals surface area contributed by atoms with Crippen molar-refractivity contribution < 1.29 is 22.5 Å². The van der Waals surface area contributed by atoms with Crippen molar-refractivity contribution in [3.63, 3.8) is 0 Å². The van der Waals surface area contributed by atoms with Crippen molar-refractivity contribution >= 4 is 21.6 Å². The van der Waals surface area contributed by atoms with Crippen LogP contribution in [0.15, 0.2) is 33.7 Å². The van der Waals surface area contributed by atoms with E-state index in [4.69, 9.17) is 9.26 Å². The summed E-state index contributed by atoms with van der Waals surface area (Å²) in [5.41, 5.74) is 0.646. The van der Waals surface area contributed by atoms with Gasteiger partial charge in [-0.3, -0.25) is 9.10 Å². The van der Waals surface area contributed by atoms with E-state index in [0.717, 1.165) is 23.6 Å². The number of aryl methyl sites for hydroxylation is 2. The molecule has 8 nitrogen and oxygen atoms in total. The fraction of sp³-hybridized carbons (Fsp3) is 0.474. The van der Waals surface area contributed by atoms with Crippen molar-refractivity contribution in [1.29, 1.82) is 0 Å². The van der Waals surface area contributed by atoms with Crippen LogP contribution < -0.4 is 9.04 Å². The smallest absolute Gasteiger partial charge is 0.270 e. The molecule has 0 unspecified atom stereocenters. The predicted octanol–water partition coefficient (Wildman–Crippen LogP) is 2.51. The van der Waals surface area contributed by atoms with Crippen LogP contribution >= 0.6 is 0 Å². The van der Waals surface area contributed by atoms with E-state index in [1.807, 2.05) is 0 Å². The highest BCUT2D eigenvalue weighted by Gasteiger charge is 2.34. The Morgan fingerprint density at radius 2 is 1.82 bits per heavy atom. The summed E-state index contributed by atoms with van der Waals surface area (Å²) in [5.74, 6) is 0.577. The molecular weight excluding hydrogens is 382 g/mol. The van der Waals surface area contributed by atoms with E-state index in [1.165, 1.54) is 7.11 Å². The molecule has 9 heteroatoms. The van der Waals surface area contributed by atoms with E-state index in [1.54, 1.807) is 43.0 Å². The van der Waals surface area contributed by atoms with Gasteiger partial charge in [0, 0.05) is 13.1 Å². The molecule has 0 bridgehead atoms. The molecule has 1 fully saturated rings. The van der Waals surface area contributed by atoms with Gasteiger partial charge in [-0.2, -0.15) is 0 Å². The van der Waals surface area contributed by atoms with Crippen LogP contribution in [0.2, 0.25) is 0 Å². The molecule has 1 aliphatic rings. The molecule has 1 amide bonds. The van der Waals surface area contributed by atoms with Gasteiger partial charge in [-0.25, -0.2) is 8.42 Å². The summed E-state index contributed by atoms with van der Waals surface area (Å²) < 4.78 is 38.2. The summed E-state index contributed by atoms with van der Waals surface area (Å²) in [5, 5.41) is 3.76. The zero-order chi connectivity index (χ0) is 20.3. The normalized spacial score (nSPS) is 14.8. The van der Waals surface area contributed by atoms with Gasteiger partial charge in [0.1, 0.15) is 18.0 Å². The van der Waals surface area contributed by atoms with Crippen LogP contribution in [-0.4, -0.2) is 51.1 Å². The highest BCUT2D eigenvalue weighted by atomic mass is 32.2. The van der Waals surface area contributed by atoms with Crippen molar-refractivity contribution in [2.24, 2.45) is 0 Å². The van der Waals surface area contributed by atoms with Crippen molar-refractivity contribution in [3.05, 3.63) is 35.7 Å². The average molecular weight is 407 g/mol. The molecule has 2 heterocycles. The Labute approximate surface area is 165 Å². The first-order valence-corrected chi connectivity index (χ1v) is 10.7. The van der Waals surface area contributed by atoms with Crippen LogP contribution in [0, 0.1) is 13.8 Å². The summed E-state index contributed by atoms with van der Waals surface area (Å²) in [6.07, 6.45) is 2.96. The van der Waals surface area contributed by atoms with Gasteiger partial charge in [0.2, 0.25) is 5.91 Å². The number of methoxy groups -OCH3 is 1. The first-order valence-electron chi connectivity index (χ1n) is 9.22. The Bertz CT molecular complexity index is 911. The summed E-state index contributed by atoms with van der Waals surface area (Å²) >= 11 is 0. The molecule has 0 N–H and O–H groups in total. The monoisotopic (exact) mass is 407 g/mol. The van der Waals surface area contributed by atoms with Gasteiger partial charge in [-0.05, 0) is 57.4 Å². The van der Waals surface area contributed by atoms with Gasteiger partial charge >= 0.3 is 0 Å². The molecule has 0 aliphatic carbocycles. The Hall–Kier alpha value is -2.55. The predicted molar refractivity (Wildman–Crippen MR) is 104 cm³/mol. The molecule has 28 heavy (non-hydrogen) atoms. The zero-order valence-corrected chi connectivity index (χ0v) is 17.2. The number of benzene rings is 1. The number of aromatic nitrogens is 1. The number of carbonyl (C=O) groups is 1. The Balaban J connectivity index is 1.99.